The van der Waals surface area contributed by atoms with E-state index >= 15 is 0 Å². The quantitative estimate of drug-likeness (QED) is 0.801. The van der Waals surface area contributed by atoms with Gasteiger partial charge < -0.3 is 14.4 Å². The standard InChI is InChI=1S/C13H18N2O3/c1-10-7-12(8-11(2)14-10)9-18-13(16)15-3-5-17-6-4-15/h7-8H,3-6,9H2,1-2H3. The van der Waals surface area contributed by atoms with Crippen molar-refractivity contribution in [2.45, 2.75) is 20.5 Å². The SMILES string of the molecule is Cc1cc(COC(=O)N2CCOCC2)cc(C)n1. The molecule has 1 aromatic heterocycles. The zero-order valence-electron chi connectivity index (χ0n) is 10.8. The van der Waals surface area contributed by atoms with E-state index in [1.807, 2.05) is 26.0 Å². The van der Waals surface area contributed by atoms with Gasteiger partial charge in [0.2, 0.25) is 0 Å². The molecule has 1 amide bonds. The summed E-state index contributed by atoms with van der Waals surface area (Å²) in [4.78, 5) is 17.7. The van der Waals surface area contributed by atoms with Crippen molar-refractivity contribution in [3.8, 4) is 0 Å². The van der Waals surface area contributed by atoms with Crippen molar-refractivity contribution >= 4 is 6.09 Å². The Kier molecular flexibility index (Phi) is 4.15. The number of aromatic nitrogens is 1. The first kappa shape index (κ1) is 12.8. The monoisotopic (exact) mass is 250 g/mol. The number of carbonyl (C=O) groups is 1. The number of hydrogen-bond donors (Lipinski definition) is 0. The fourth-order valence-electron chi connectivity index (χ4n) is 1.99. The van der Waals surface area contributed by atoms with Crippen LogP contribution < -0.4 is 0 Å². The lowest BCUT2D eigenvalue weighted by molar-refractivity contribution is 0.0249. The lowest BCUT2D eigenvalue weighted by Crippen LogP contribution is -2.40. The second-order valence-electron chi connectivity index (χ2n) is 4.41. The minimum absolute atomic E-state index is 0.273. The summed E-state index contributed by atoms with van der Waals surface area (Å²) in [7, 11) is 0. The molecule has 0 spiro atoms. The highest BCUT2D eigenvalue weighted by molar-refractivity contribution is 5.67. The number of pyridine rings is 1. The average Bonchev–Trinajstić information content (AvgIpc) is 2.36. The minimum atomic E-state index is -0.273. The Labute approximate surface area is 107 Å². The van der Waals surface area contributed by atoms with Gasteiger partial charge in [-0.05, 0) is 31.5 Å². The topological polar surface area (TPSA) is 51.7 Å². The number of carbonyl (C=O) groups excluding carboxylic acids is 1. The maximum Gasteiger partial charge on any atom is 0.410 e. The Hall–Kier alpha value is -1.62. The van der Waals surface area contributed by atoms with Crippen LogP contribution in [0.4, 0.5) is 4.79 Å². The van der Waals surface area contributed by atoms with E-state index in [0.717, 1.165) is 17.0 Å². The predicted octanol–water partition coefficient (Wildman–Crippen LogP) is 1.67. The van der Waals surface area contributed by atoms with Crippen molar-refractivity contribution in [1.29, 1.82) is 0 Å². The molecule has 1 aromatic rings. The Morgan fingerprint density at radius 1 is 1.33 bits per heavy atom. The number of aryl methyl sites for hydroxylation is 2. The largest absolute Gasteiger partial charge is 0.445 e. The van der Waals surface area contributed by atoms with Crippen LogP contribution >= 0.6 is 0 Å². The van der Waals surface area contributed by atoms with Crippen LogP contribution in [-0.4, -0.2) is 42.3 Å². The Morgan fingerprint density at radius 2 is 1.94 bits per heavy atom. The van der Waals surface area contributed by atoms with Crippen LogP contribution in [0, 0.1) is 13.8 Å². The smallest absolute Gasteiger partial charge is 0.410 e. The molecule has 0 unspecified atom stereocenters. The molecule has 0 radical (unpaired) electrons. The van der Waals surface area contributed by atoms with Gasteiger partial charge in [-0.1, -0.05) is 0 Å². The molecule has 0 aromatic carbocycles. The maximum atomic E-state index is 11.8. The zero-order chi connectivity index (χ0) is 13.0. The normalized spacial score (nSPS) is 15.6. The van der Waals surface area contributed by atoms with Crippen molar-refractivity contribution in [2.75, 3.05) is 26.3 Å². The third kappa shape index (κ3) is 3.43. The third-order valence-corrected chi connectivity index (χ3v) is 2.77. The molecule has 1 fully saturated rings. The van der Waals surface area contributed by atoms with Crippen LogP contribution in [0.5, 0.6) is 0 Å². The zero-order valence-corrected chi connectivity index (χ0v) is 10.8. The molecule has 2 heterocycles. The van der Waals surface area contributed by atoms with Gasteiger partial charge in [-0.15, -0.1) is 0 Å². The maximum absolute atomic E-state index is 11.8. The molecule has 1 aliphatic heterocycles. The summed E-state index contributed by atoms with van der Waals surface area (Å²) in [6.45, 7) is 6.53. The number of morpholine rings is 1. The lowest BCUT2D eigenvalue weighted by Gasteiger charge is -2.25. The van der Waals surface area contributed by atoms with E-state index in [1.165, 1.54) is 0 Å². The van der Waals surface area contributed by atoms with Crippen molar-refractivity contribution in [2.24, 2.45) is 0 Å². The number of nitrogens with zero attached hydrogens (tertiary/aromatic N) is 2. The molecule has 0 N–H and O–H groups in total. The van der Waals surface area contributed by atoms with Gasteiger partial charge in [-0.3, -0.25) is 4.98 Å². The van der Waals surface area contributed by atoms with E-state index in [1.54, 1.807) is 4.90 Å². The molecule has 0 saturated carbocycles. The van der Waals surface area contributed by atoms with Gasteiger partial charge in [0.05, 0.1) is 13.2 Å². The second kappa shape index (κ2) is 5.82. The highest BCUT2D eigenvalue weighted by Gasteiger charge is 2.17. The van der Waals surface area contributed by atoms with Crippen LogP contribution in [0.3, 0.4) is 0 Å². The second-order valence-corrected chi connectivity index (χ2v) is 4.41. The van der Waals surface area contributed by atoms with Gasteiger partial charge >= 0.3 is 6.09 Å². The highest BCUT2D eigenvalue weighted by Crippen LogP contribution is 2.08. The first-order chi connectivity index (χ1) is 8.65. The van der Waals surface area contributed by atoms with E-state index < -0.39 is 0 Å². The molecule has 0 bridgehead atoms. The summed E-state index contributed by atoms with van der Waals surface area (Å²) in [6.07, 6.45) is -0.273. The summed E-state index contributed by atoms with van der Waals surface area (Å²) < 4.78 is 10.5. The predicted molar refractivity (Wildman–Crippen MR) is 66.3 cm³/mol. The molecule has 1 saturated heterocycles. The van der Waals surface area contributed by atoms with E-state index in [-0.39, 0.29) is 6.09 Å². The minimum Gasteiger partial charge on any atom is -0.445 e. The van der Waals surface area contributed by atoms with Crippen LogP contribution in [0.25, 0.3) is 0 Å². The van der Waals surface area contributed by atoms with E-state index in [2.05, 4.69) is 4.98 Å². The summed E-state index contributed by atoms with van der Waals surface area (Å²) in [5, 5.41) is 0. The first-order valence-corrected chi connectivity index (χ1v) is 6.09. The van der Waals surface area contributed by atoms with Crippen LogP contribution in [-0.2, 0) is 16.1 Å². The molecular weight excluding hydrogens is 232 g/mol. The van der Waals surface area contributed by atoms with E-state index in [4.69, 9.17) is 9.47 Å². The Morgan fingerprint density at radius 3 is 2.56 bits per heavy atom. The van der Waals surface area contributed by atoms with Gasteiger partial charge in [-0.25, -0.2) is 4.79 Å². The van der Waals surface area contributed by atoms with Crippen molar-refractivity contribution in [1.82, 2.24) is 9.88 Å². The summed E-state index contributed by atoms with van der Waals surface area (Å²) in [5.74, 6) is 0. The Balaban J connectivity index is 1.88. The Bertz CT molecular complexity index is 408. The molecule has 2 rings (SSSR count). The summed E-state index contributed by atoms with van der Waals surface area (Å²) in [5.41, 5.74) is 2.85. The van der Waals surface area contributed by atoms with Gasteiger partial charge in [0.25, 0.3) is 0 Å². The molecule has 5 nitrogen and oxygen atoms in total. The molecule has 1 aliphatic rings. The summed E-state index contributed by atoms with van der Waals surface area (Å²) in [6, 6.07) is 3.86. The number of amides is 1. The third-order valence-electron chi connectivity index (χ3n) is 2.77. The fraction of sp³-hybridized carbons (Fsp3) is 0.538. The molecule has 18 heavy (non-hydrogen) atoms. The molecular formula is C13H18N2O3. The summed E-state index contributed by atoms with van der Waals surface area (Å²) >= 11 is 0. The van der Waals surface area contributed by atoms with E-state index in [9.17, 15) is 4.79 Å². The number of hydrogen-bond acceptors (Lipinski definition) is 4. The van der Waals surface area contributed by atoms with Crippen molar-refractivity contribution in [3.63, 3.8) is 0 Å². The van der Waals surface area contributed by atoms with Gasteiger partial charge in [0.15, 0.2) is 0 Å². The van der Waals surface area contributed by atoms with Gasteiger partial charge in [-0.2, -0.15) is 0 Å². The number of rotatable bonds is 2. The molecule has 0 aliphatic carbocycles. The molecule has 98 valence electrons. The lowest BCUT2D eigenvalue weighted by atomic mass is 10.2. The van der Waals surface area contributed by atoms with Crippen LogP contribution in [0.1, 0.15) is 17.0 Å². The van der Waals surface area contributed by atoms with Gasteiger partial charge in [0, 0.05) is 24.5 Å². The van der Waals surface area contributed by atoms with Crippen LogP contribution in [0.15, 0.2) is 12.1 Å². The van der Waals surface area contributed by atoms with Gasteiger partial charge in [0.1, 0.15) is 6.61 Å². The average molecular weight is 250 g/mol. The van der Waals surface area contributed by atoms with Crippen LogP contribution in [0.2, 0.25) is 0 Å². The first-order valence-electron chi connectivity index (χ1n) is 6.09. The number of ether oxygens (including phenoxy) is 2. The highest BCUT2D eigenvalue weighted by atomic mass is 16.6. The fourth-order valence-corrected chi connectivity index (χ4v) is 1.99. The van der Waals surface area contributed by atoms with Crippen molar-refractivity contribution in [3.05, 3.63) is 29.1 Å². The molecule has 0 atom stereocenters. The van der Waals surface area contributed by atoms with E-state index in [0.29, 0.717) is 32.9 Å². The molecule has 5 heteroatoms. The van der Waals surface area contributed by atoms with Crippen molar-refractivity contribution < 1.29 is 14.3 Å².